The van der Waals surface area contributed by atoms with Crippen molar-refractivity contribution >= 4 is 35.3 Å². The number of rotatable bonds is 5. The molecule has 0 saturated carbocycles. The monoisotopic (exact) mass is 543 g/mol. The number of halogens is 2. The van der Waals surface area contributed by atoms with E-state index in [1.807, 2.05) is 0 Å². The van der Waals surface area contributed by atoms with Crippen LogP contribution < -0.4 is 10.1 Å². The number of fused-ring (bicyclic) bond motifs is 1. The number of carboxylic acid groups (broad SMARTS) is 1. The van der Waals surface area contributed by atoms with Gasteiger partial charge in [-0.05, 0) is 17.7 Å². The van der Waals surface area contributed by atoms with Crippen LogP contribution in [0.25, 0.3) is 11.1 Å². The van der Waals surface area contributed by atoms with Crippen molar-refractivity contribution in [1.82, 2.24) is 5.32 Å². The molecule has 2 heterocycles. The second-order valence-electron chi connectivity index (χ2n) is 8.34. The SMILES string of the molecule is O=C(NC[C@@H]1Oc2c(cccc2-c2c(Cl)cccc2Cl)CC1O)OC1OC(C(=O)O)C(O)C(O)C1O. The standard InChI is InChI=1S/C23H23Cl2NO10/c24-11-5-2-6-12(25)15(11)10-4-1-3-9-7-13(27)14(34-19(9)10)8-26-23(33)36-22-18(30)16(28)17(29)20(35-22)21(31)32/h1-6,13-14,16-18,20,22,27-30H,7-8H2,(H,26,33)(H,31,32)/t13?,14-,16?,17?,18?,20?,22?/m0/s1. The topological polar surface area (TPSA) is 175 Å². The number of hydrogen-bond acceptors (Lipinski definition) is 9. The Morgan fingerprint density at radius 1 is 1.00 bits per heavy atom. The van der Waals surface area contributed by atoms with Gasteiger partial charge in [0.05, 0.1) is 22.7 Å². The molecule has 2 aromatic carbocycles. The fourth-order valence-corrected chi connectivity index (χ4v) is 4.68. The Bertz CT molecular complexity index is 1130. The number of aliphatic hydroxyl groups excluding tert-OH is 4. The average molecular weight is 544 g/mol. The molecule has 1 fully saturated rings. The molecule has 11 nitrogen and oxygen atoms in total. The third kappa shape index (κ3) is 5.23. The van der Waals surface area contributed by atoms with Gasteiger partial charge in [0.25, 0.3) is 0 Å². The summed E-state index contributed by atoms with van der Waals surface area (Å²) in [6.07, 6.45) is -12.4. The quantitative estimate of drug-likeness (QED) is 0.318. The molecule has 0 spiro atoms. The van der Waals surface area contributed by atoms with Crippen molar-refractivity contribution in [3.05, 3.63) is 52.0 Å². The van der Waals surface area contributed by atoms with Crippen molar-refractivity contribution in [1.29, 1.82) is 0 Å². The molecule has 1 saturated heterocycles. The number of carbonyl (C=O) groups is 2. The molecular formula is C23H23Cl2NO10. The van der Waals surface area contributed by atoms with Crippen molar-refractivity contribution in [2.24, 2.45) is 0 Å². The van der Waals surface area contributed by atoms with Gasteiger partial charge in [-0.1, -0.05) is 47.5 Å². The molecule has 2 aliphatic heterocycles. The van der Waals surface area contributed by atoms with E-state index in [2.05, 4.69) is 5.32 Å². The Balaban J connectivity index is 1.44. The molecule has 4 rings (SSSR count). The summed E-state index contributed by atoms with van der Waals surface area (Å²) >= 11 is 12.7. The molecule has 6 unspecified atom stereocenters. The molecule has 2 aromatic rings. The molecule has 13 heteroatoms. The summed E-state index contributed by atoms with van der Waals surface area (Å²) < 4.78 is 15.8. The van der Waals surface area contributed by atoms with Crippen LogP contribution >= 0.6 is 23.2 Å². The number of aliphatic hydroxyl groups is 4. The normalized spacial score (nSPS) is 29.6. The van der Waals surface area contributed by atoms with Crippen LogP contribution in [0.5, 0.6) is 5.75 Å². The highest BCUT2D eigenvalue weighted by Crippen LogP contribution is 2.43. The maximum atomic E-state index is 12.3. The number of carboxylic acids is 1. The minimum absolute atomic E-state index is 0.210. The summed E-state index contributed by atoms with van der Waals surface area (Å²) in [7, 11) is 0. The summed E-state index contributed by atoms with van der Waals surface area (Å²) in [6.45, 7) is -0.236. The van der Waals surface area contributed by atoms with Gasteiger partial charge in [-0.25, -0.2) is 9.59 Å². The number of hydrogen-bond donors (Lipinski definition) is 6. The van der Waals surface area contributed by atoms with Gasteiger partial charge in [-0.2, -0.15) is 0 Å². The van der Waals surface area contributed by atoms with E-state index in [0.717, 1.165) is 0 Å². The smallest absolute Gasteiger partial charge is 0.409 e. The first kappa shape index (κ1) is 26.4. The zero-order chi connectivity index (χ0) is 26.1. The summed E-state index contributed by atoms with van der Waals surface area (Å²) in [5.41, 5.74) is 1.87. The molecule has 0 aromatic heterocycles. The zero-order valence-electron chi connectivity index (χ0n) is 18.5. The Labute approximate surface area is 214 Å². The molecule has 7 atom stereocenters. The van der Waals surface area contributed by atoms with Crippen LogP contribution in [0, 0.1) is 0 Å². The number of para-hydroxylation sites is 1. The third-order valence-electron chi connectivity index (χ3n) is 5.94. The summed E-state index contributed by atoms with van der Waals surface area (Å²) in [4.78, 5) is 23.5. The molecule has 0 radical (unpaired) electrons. The van der Waals surface area contributed by atoms with Crippen molar-refractivity contribution < 1.29 is 49.3 Å². The summed E-state index contributed by atoms with van der Waals surface area (Å²) in [6, 6.07) is 10.4. The highest BCUT2D eigenvalue weighted by atomic mass is 35.5. The molecular weight excluding hydrogens is 521 g/mol. The lowest BCUT2D eigenvalue weighted by atomic mass is 9.94. The highest BCUT2D eigenvalue weighted by molar-refractivity contribution is 6.39. The average Bonchev–Trinajstić information content (AvgIpc) is 2.83. The van der Waals surface area contributed by atoms with Crippen LogP contribution in [-0.2, 0) is 20.7 Å². The first-order chi connectivity index (χ1) is 17.1. The fourth-order valence-electron chi connectivity index (χ4n) is 4.08. The van der Waals surface area contributed by atoms with Crippen molar-refractivity contribution in [3.63, 3.8) is 0 Å². The minimum Gasteiger partial charge on any atom is -0.485 e. The molecule has 0 bridgehead atoms. The molecule has 1 amide bonds. The van der Waals surface area contributed by atoms with E-state index in [1.54, 1.807) is 36.4 Å². The predicted octanol–water partition coefficient (Wildman–Crippen LogP) is 0.943. The fraction of sp³-hybridized carbons (Fsp3) is 0.391. The Morgan fingerprint density at radius 3 is 2.33 bits per heavy atom. The minimum atomic E-state index is -1.92. The second-order valence-corrected chi connectivity index (χ2v) is 9.15. The summed E-state index contributed by atoms with van der Waals surface area (Å²) in [5.74, 6) is -1.18. The highest BCUT2D eigenvalue weighted by Gasteiger charge is 2.48. The van der Waals surface area contributed by atoms with E-state index in [9.17, 15) is 30.0 Å². The molecule has 6 N–H and O–H groups in total. The van der Waals surface area contributed by atoms with Gasteiger partial charge in [0.1, 0.15) is 30.2 Å². The van der Waals surface area contributed by atoms with E-state index >= 15 is 0 Å². The van der Waals surface area contributed by atoms with Crippen LogP contribution in [0.15, 0.2) is 36.4 Å². The number of benzene rings is 2. The molecule has 0 aliphatic carbocycles. The molecule has 2 aliphatic rings. The van der Waals surface area contributed by atoms with Crippen LogP contribution in [0.4, 0.5) is 4.79 Å². The number of amides is 1. The van der Waals surface area contributed by atoms with E-state index in [-0.39, 0.29) is 13.0 Å². The lowest BCUT2D eigenvalue weighted by Gasteiger charge is -2.38. The van der Waals surface area contributed by atoms with E-state index < -0.39 is 55.0 Å². The number of nitrogens with one attached hydrogen (secondary N) is 1. The number of ether oxygens (including phenoxy) is 3. The number of aliphatic carboxylic acids is 1. The van der Waals surface area contributed by atoms with Gasteiger partial charge >= 0.3 is 12.1 Å². The van der Waals surface area contributed by atoms with Crippen molar-refractivity contribution in [2.75, 3.05) is 6.54 Å². The van der Waals surface area contributed by atoms with Gasteiger partial charge in [0.2, 0.25) is 6.29 Å². The zero-order valence-corrected chi connectivity index (χ0v) is 20.0. The number of alkyl carbamates (subject to hydrolysis) is 1. The second kappa shape index (κ2) is 10.8. The Hall–Kier alpha value is -2.64. The van der Waals surface area contributed by atoms with E-state index in [4.69, 9.17) is 42.5 Å². The van der Waals surface area contributed by atoms with Crippen molar-refractivity contribution in [3.8, 4) is 16.9 Å². The van der Waals surface area contributed by atoms with Crippen LogP contribution in [0.2, 0.25) is 10.0 Å². The third-order valence-corrected chi connectivity index (χ3v) is 6.57. The lowest BCUT2D eigenvalue weighted by molar-refractivity contribution is -0.278. The van der Waals surface area contributed by atoms with Crippen LogP contribution in [-0.4, -0.2) is 87.1 Å². The van der Waals surface area contributed by atoms with Gasteiger partial charge in [0, 0.05) is 17.5 Å². The maximum Gasteiger partial charge on any atom is 0.409 e. The maximum absolute atomic E-state index is 12.3. The van der Waals surface area contributed by atoms with Gasteiger partial charge in [-0.3, -0.25) is 0 Å². The largest absolute Gasteiger partial charge is 0.485 e. The number of carbonyl (C=O) groups excluding carboxylic acids is 1. The van der Waals surface area contributed by atoms with Crippen LogP contribution in [0.3, 0.4) is 0 Å². The van der Waals surface area contributed by atoms with Crippen LogP contribution in [0.1, 0.15) is 5.56 Å². The Kier molecular flexibility index (Phi) is 7.90. The van der Waals surface area contributed by atoms with Gasteiger partial charge in [-0.15, -0.1) is 0 Å². The molecule has 194 valence electrons. The first-order valence-electron chi connectivity index (χ1n) is 10.9. The molecule has 36 heavy (non-hydrogen) atoms. The van der Waals surface area contributed by atoms with Gasteiger partial charge in [0.15, 0.2) is 6.10 Å². The van der Waals surface area contributed by atoms with Gasteiger partial charge < -0.3 is 45.1 Å². The van der Waals surface area contributed by atoms with E-state index in [0.29, 0.717) is 32.5 Å². The lowest BCUT2D eigenvalue weighted by Crippen LogP contribution is -2.61. The predicted molar refractivity (Wildman–Crippen MR) is 125 cm³/mol. The van der Waals surface area contributed by atoms with Crippen molar-refractivity contribution in [2.45, 2.75) is 49.3 Å². The first-order valence-corrected chi connectivity index (χ1v) is 11.6. The summed E-state index contributed by atoms with van der Waals surface area (Å²) in [5, 5.41) is 52.4. The van der Waals surface area contributed by atoms with E-state index in [1.165, 1.54) is 0 Å². The Morgan fingerprint density at radius 2 is 1.67 bits per heavy atom.